The molecule has 3 aromatic rings. The van der Waals surface area contributed by atoms with E-state index in [2.05, 4.69) is 27.8 Å². The first-order valence-corrected chi connectivity index (χ1v) is 11.4. The van der Waals surface area contributed by atoms with E-state index >= 15 is 0 Å². The van der Waals surface area contributed by atoms with Gasteiger partial charge in [-0.1, -0.05) is 30.3 Å². The van der Waals surface area contributed by atoms with Gasteiger partial charge in [0.1, 0.15) is 11.9 Å². The molecule has 0 radical (unpaired) electrons. The highest BCUT2D eigenvalue weighted by molar-refractivity contribution is 14.0. The number of benzene rings is 2. The van der Waals surface area contributed by atoms with Crippen LogP contribution in [0.1, 0.15) is 29.4 Å². The molecule has 1 unspecified atom stereocenters. The van der Waals surface area contributed by atoms with Crippen LogP contribution in [0.3, 0.4) is 0 Å². The van der Waals surface area contributed by atoms with Crippen molar-refractivity contribution >= 4 is 51.4 Å². The number of rotatable bonds is 6. The Morgan fingerprint density at radius 3 is 2.66 bits per heavy atom. The number of hydrogen-bond donors (Lipinski definition) is 3. The fourth-order valence-electron chi connectivity index (χ4n) is 4.08. The van der Waals surface area contributed by atoms with Crippen molar-refractivity contribution in [3.05, 3.63) is 70.9 Å². The summed E-state index contributed by atoms with van der Waals surface area (Å²) in [6.45, 7) is 2.25. The molecule has 1 aliphatic heterocycles. The molecule has 1 saturated heterocycles. The summed E-state index contributed by atoms with van der Waals surface area (Å²) >= 11 is 1.60. The Morgan fingerprint density at radius 2 is 1.94 bits per heavy atom. The predicted octanol–water partition coefficient (Wildman–Crippen LogP) is 4.61. The number of fused-ring (bicyclic) bond motifs is 1. The Kier molecular flexibility index (Phi) is 8.87. The van der Waals surface area contributed by atoms with E-state index in [4.69, 9.17) is 4.74 Å². The predicted molar refractivity (Wildman–Crippen MR) is 140 cm³/mol. The van der Waals surface area contributed by atoms with E-state index in [-0.39, 0.29) is 35.2 Å². The summed E-state index contributed by atoms with van der Waals surface area (Å²) in [5.74, 6) is 0.389. The van der Waals surface area contributed by atoms with Crippen LogP contribution in [0.15, 0.2) is 59.6 Å². The summed E-state index contributed by atoms with van der Waals surface area (Å²) in [5, 5.41) is 18.4. The molecule has 5 nitrogen and oxygen atoms in total. The van der Waals surface area contributed by atoms with Gasteiger partial charge in [-0.3, -0.25) is 4.99 Å². The van der Waals surface area contributed by atoms with Crippen molar-refractivity contribution in [2.45, 2.75) is 24.4 Å². The number of halogens is 2. The third kappa shape index (κ3) is 5.78. The van der Waals surface area contributed by atoms with Gasteiger partial charge in [0, 0.05) is 48.3 Å². The van der Waals surface area contributed by atoms with Crippen LogP contribution >= 0.6 is 35.3 Å². The van der Waals surface area contributed by atoms with Crippen molar-refractivity contribution in [2.75, 3.05) is 33.4 Å². The monoisotopic (exact) mass is 569 g/mol. The van der Waals surface area contributed by atoms with Crippen molar-refractivity contribution in [3.63, 3.8) is 0 Å². The Bertz CT molecular complexity index is 1020. The molecular weight excluding hydrogens is 540 g/mol. The summed E-state index contributed by atoms with van der Waals surface area (Å²) in [7, 11) is 1.71. The van der Waals surface area contributed by atoms with Gasteiger partial charge in [0.2, 0.25) is 0 Å². The highest BCUT2D eigenvalue weighted by Gasteiger charge is 2.35. The molecule has 1 fully saturated rings. The largest absolute Gasteiger partial charge is 0.386 e. The van der Waals surface area contributed by atoms with Crippen LogP contribution in [0, 0.1) is 5.82 Å². The molecule has 0 amide bonds. The van der Waals surface area contributed by atoms with Gasteiger partial charge in [0.25, 0.3) is 0 Å². The van der Waals surface area contributed by atoms with Crippen LogP contribution < -0.4 is 10.6 Å². The number of aliphatic hydroxyl groups is 1. The van der Waals surface area contributed by atoms with Crippen LogP contribution in [-0.4, -0.2) is 44.4 Å². The summed E-state index contributed by atoms with van der Waals surface area (Å²) in [6, 6.07) is 17.0. The number of thiophene rings is 1. The molecule has 2 aromatic carbocycles. The lowest BCUT2D eigenvalue weighted by Gasteiger charge is -2.38. The van der Waals surface area contributed by atoms with Crippen molar-refractivity contribution < 1.29 is 14.2 Å². The maximum absolute atomic E-state index is 13.9. The molecule has 4 rings (SSSR count). The third-order valence-electron chi connectivity index (χ3n) is 5.94. The number of aliphatic imine (C=N–C) groups is 1. The number of guanidine groups is 1. The van der Waals surface area contributed by atoms with Crippen molar-refractivity contribution in [1.82, 2.24) is 10.6 Å². The Balaban J connectivity index is 0.00000289. The topological polar surface area (TPSA) is 65.9 Å². The van der Waals surface area contributed by atoms with Gasteiger partial charge in [-0.25, -0.2) is 4.39 Å². The second-order valence-corrected chi connectivity index (χ2v) is 9.03. The zero-order chi connectivity index (χ0) is 21.7. The summed E-state index contributed by atoms with van der Waals surface area (Å²) in [4.78, 5) is 5.23. The first-order valence-electron chi connectivity index (χ1n) is 10.5. The Morgan fingerprint density at radius 1 is 1.16 bits per heavy atom. The van der Waals surface area contributed by atoms with Crippen LogP contribution in [0.2, 0.25) is 0 Å². The van der Waals surface area contributed by atoms with Crippen LogP contribution in [0.25, 0.3) is 10.1 Å². The summed E-state index contributed by atoms with van der Waals surface area (Å²) < 4.78 is 20.6. The standard InChI is InChI=1S/C24H28FN3O2S.HI/c1-26-23(27-15-20(29)22-13-17-5-2-3-8-21(17)31-22)28-16-24(9-11-30-12-10-24)18-6-4-7-19(25)14-18;/h2-8,13-14,20,29H,9-12,15-16H2,1H3,(H2,26,27,28);1H. The maximum Gasteiger partial charge on any atom is 0.191 e. The van der Waals surface area contributed by atoms with Gasteiger partial charge in [-0.05, 0) is 48.1 Å². The molecule has 1 aliphatic rings. The zero-order valence-electron chi connectivity index (χ0n) is 18.0. The van der Waals surface area contributed by atoms with Crippen molar-refractivity contribution in [3.8, 4) is 0 Å². The van der Waals surface area contributed by atoms with E-state index in [1.54, 1.807) is 30.5 Å². The SMILES string of the molecule is CN=C(NCC(O)c1cc2ccccc2s1)NCC1(c2cccc(F)c2)CCOCC1.I. The van der Waals surface area contributed by atoms with Crippen LogP contribution in [-0.2, 0) is 10.2 Å². The van der Waals surface area contributed by atoms with Crippen molar-refractivity contribution in [1.29, 1.82) is 0 Å². The number of nitrogens with one attached hydrogen (secondary N) is 2. The van der Waals surface area contributed by atoms with Gasteiger partial charge in [-0.15, -0.1) is 35.3 Å². The average molecular weight is 569 g/mol. The summed E-state index contributed by atoms with van der Waals surface area (Å²) in [5.41, 5.74) is 0.756. The van der Waals surface area contributed by atoms with Gasteiger partial charge in [0.15, 0.2) is 5.96 Å². The highest BCUT2D eigenvalue weighted by atomic mass is 127. The minimum atomic E-state index is -0.629. The maximum atomic E-state index is 13.9. The Labute approximate surface area is 209 Å². The minimum absolute atomic E-state index is 0. The molecule has 0 aliphatic carbocycles. The Hall–Kier alpha value is -1.75. The average Bonchev–Trinajstić information content (AvgIpc) is 3.24. The number of hydrogen-bond acceptors (Lipinski definition) is 4. The molecule has 0 bridgehead atoms. The number of nitrogens with zero attached hydrogens (tertiary/aromatic N) is 1. The van der Waals surface area contributed by atoms with Crippen molar-refractivity contribution in [2.24, 2.45) is 4.99 Å². The first kappa shape index (κ1) is 24.9. The molecule has 32 heavy (non-hydrogen) atoms. The molecule has 0 spiro atoms. The van der Waals surface area contributed by atoms with Gasteiger partial charge in [0.05, 0.1) is 0 Å². The van der Waals surface area contributed by atoms with Gasteiger partial charge >= 0.3 is 0 Å². The minimum Gasteiger partial charge on any atom is -0.386 e. The van der Waals surface area contributed by atoms with Crippen LogP contribution in [0.4, 0.5) is 4.39 Å². The highest BCUT2D eigenvalue weighted by Crippen LogP contribution is 2.34. The van der Waals surface area contributed by atoms with E-state index < -0.39 is 6.10 Å². The molecule has 1 aromatic heterocycles. The quantitative estimate of drug-likeness (QED) is 0.231. The lowest BCUT2D eigenvalue weighted by Crippen LogP contribution is -2.48. The number of aliphatic hydroxyl groups excluding tert-OH is 1. The number of ether oxygens (including phenoxy) is 1. The lowest BCUT2D eigenvalue weighted by atomic mass is 9.74. The molecule has 8 heteroatoms. The third-order valence-corrected chi connectivity index (χ3v) is 7.16. The lowest BCUT2D eigenvalue weighted by molar-refractivity contribution is 0.0512. The first-order chi connectivity index (χ1) is 15.1. The second-order valence-electron chi connectivity index (χ2n) is 7.91. The van der Waals surface area contributed by atoms with E-state index in [0.29, 0.717) is 32.3 Å². The smallest absolute Gasteiger partial charge is 0.191 e. The van der Waals surface area contributed by atoms with E-state index in [1.807, 2.05) is 24.3 Å². The normalized spacial score (nSPS) is 16.9. The molecule has 1 atom stereocenters. The molecule has 0 saturated carbocycles. The summed E-state index contributed by atoms with van der Waals surface area (Å²) in [6.07, 6.45) is 0.992. The molecule has 172 valence electrons. The van der Waals surface area contributed by atoms with Gasteiger partial charge < -0.3 is 20.5 Å². The van der Waals surface area contributed by atoms with E-state index in [1.165, 1.54) is 6.07 Å². The van der Waals surface area contributed by atoms with E-state index in [0.717, 1.165) is 33.4 Å². The fourth-order valence-corrected chi connectivity index (χ4v) is 5.13. The van der Waals surface area contributed by atoms with Gasteiger partial charge in [-0.2, -0.15) is 0 Å². The molecule has 3 N–H and O–H groups in total. The van der Waals surface area contributed by atoms with E-state index in [9.17, 15) is 9.50 Å². The van der Waals surface area contributed by atoms with Crippen LogP contribution in [0.5, 0.6) is 0 Å². The fraction of sp³-hybridized carbons (Fsp3) is 0.375. The molecule has 2 heterocycles. The molecular formula is C24H29FIN3O2S. The zero-order valence-corrected chi connectivity index (χ0v) is 21.2. The second kappa shape index (κ2) is 11.4.